The maximum Gasteiger partial charge on any atom is 0.242 e. The first kappa shape index (κ1) is 17.0. The zero-order chi connectivity index (χ0) is 17.9. The molecule has 1 aliphatic heterocycles. The van der Waals surface area contributed by atoms with Crippen molar-refractivity contribution in [3.05, 3.63) is 59.6 Å². The maximum absolute atomic E-state index is 12.8. The number of likely N-dealkylation sites (tertiary alicyclic amines) is 1. The van der Waals surface area contributed by atoms with Crippen LogP contribution in [0.2, 0.25) is 0 Å². The molecule has 1 atom stereocenters. The number of anilines is 1. The van der Waals surface area contributed by atoms with E-state index in [0.29, 0.717) is 12.5 Å². The molecule has 26 heavy (non-hydrogen) atoms. The molecule has 2 aromatic carbocycles. The van der Waals surface area contributed by atoms with E-state index >= 15 is 0 Å². The van der Waals surface area contributed by atoms with Crippen LogP contribution < -0.4 is 4.90 Å². The molecule has 2 heterocycles. The second kappa shape index (κ2) is 7.46. The lowest BCUT2D eigenvalue weighted by Gasteiger charge is -2.33. The van der Waals surface area contributed by atoms with Crippen LogP contribution in [0.25, 0.3) is 10.2 Å². The minimum atomic E-state index is 0.196. The first-order valence-electron chi connectivity index (χ1n) is 9.10. The second-order valence-corrected chi connectivity index (χ2v) is 7.95. The Morgan fingerprint density at radius 3 is 2.77 bits per heavy atom. The van der Waals surface area contributed by atoms with E-state index in [2.05, 4.69) is 18.2 Å². The number of nitrogens with zero attached hydrogens (tertiary/aromatic N) is 3. The van der Waals surface area contributed by atoms with E-state index in [1.54, 1.807) is 11.3 Å². The van der Waals surface area contributed by atoms with Gasteiger partial charge in [-0.05, 0) is 37.1 Å². The van der Waals surface area contributed by atoms with Crippen molar-refractivity contribution in [2.24, 2.45) is 0 Å². The maximum atomic E-state index is 12.8. The summed E-state index contributed by atoms with van der Waals surface area (Å²) in [5.74, 6) is 0.550. The molecule has 1 saturated heterocycles. The molecule has 1 aromatic heterocycles. The third-order valence-electron chi connectivity index (χ3n) is 5.00. The second-order valence-electron chi connectivity index (χ2n) is 6.89. The van der Waals surface area contributed by atoms with Gasteiger partial charge in [0.05, 0.1) is 21.8 Å². The van der Waals surface area contributed by atoms with Crippen molar-refractivity contribution >= 4 is 33.1 Å². The smallest absolute Gasteiger partial charge is 0.242 e. The lowest BCUT2D eigenvalue weighted by Crippen LogP contribution is -2.43. The minimum absolute atomic E-state index is 0.196. The Bertz CT molecular complexity index is 859. The number of likely N-dealkylation sites (N-methyl/N-ethyl adjacent to an activating group) is 1. The molecule has 3 aromatic rings. The Morgan fingerprint density at radius 2 is 1.96 bits per heavy atom. The zero-order valence-electron chi connectivity index (χ0n) is 15.0. The Hall–Kier alpha value is -2.40. The summed E-state index contributed by atoms with van der Waals surface area (Å²) in [4.78, 5) is 21.6. The van der Waals surface area contributed by atoms with Crippen LogP contribution in [0.3, 0.4) is 0 Å². The molecule has 0 saturated carbocycles. The molecule has 0 unspecified atom stereocenters. The van der Waals surface area contributed by atoms with E-state index < -0.39 is 0 Å². The number of fused-ring (bicyclic) bond motifs is 1. The van der Waals surface area contributed by atoms with Gasteiger partial charge in [-0.2, -0.15) is 0 Å². The Kier molecular flexibility index (Phi) is 4.89. The Balaban J connectivity index is 1.43. The third kappa shape index (κ3) is 3.58. The van der Waals surface area contributed by atoms with Gasteiger partial charge in [-0.25, -0.2) is 4.98 Å². The number of thiazole rings is 1. The highest BCUT2D eigenvalue weighted by molar-refractivity contribution is 7.18. The molecule has 1 amide bonds. The van der Waals surface area contributed by atoms with Gasteiger partial charge >= 0.3 is 0 Å². The summed E-state index contributed by atoms with van der Waals surface area (Å²) in [5, 5.41) is 1.17. The van der Waals surface area contributed by atoms with Crippen LogP contribution in [0, 0.1) is 0 Å². The number of carbonyl (C=O) groups excluding carboxylic acids is 1. The van der Waals surface area contributed by atoms with Crippen LogP contribution in [0.5, 0.6) is 0 Å². The van der Waals surface area contributed by atoms with E-state index in [-0.39, 0.29) is 5.91 Å². The van der Waals surface area contributed by atoms with Crippen LogP contribution in [0.15, 0.2) is 54.6 Å². The van der Waals surface area contributed by atoms with Gasteiger partial charge in [-0.15, -0.1) is 11.3 Å². The van der Waals surface area contributed by atoms with Gasteiger partial charge in [0, 0.05) is 31.7 Å². The molecular weight excluding hydrogens is 342 g/mol. The summed E-state index contributed by atoms with van der Waals surface area (Å²) in [6.07, 6.45) is 2.15. The molecule has 134 valence electrons. The highest BCUT2D eigenvalue weighted by Crippen LogP contribution is 2.33. The van der Waals surface area contributed by atoms with Crippen LogP contribution in [0.1, 0.15) is 23.8 Å². The molecular formula is C21H23N3OS. The number of hydrogen-bond donors (Lipinski definition) is 0. The number of amides is 1. The number of benzene rings is 2. The predicted molar refractivity (Wildman–Crippen MR) is 108 cm³/mol. The van der Waals surface area contributed by atoms with Gasteiger partial charge in [0.1, 0.15) is 0 Å². The number of piperidine rings is 1. The quantitative estimate of drug-likeness (QED) is 0.697. The van der Waals surface area contributed by atoms with Crippen molar-refractivity contribution < 1.29 is 4.79 Å². The van der Waals surface area contributed by atoms with Crippen molar-refractivity contribution in [1.82, 2.24) is 9.88 Å². The van der Waals surface area contributed by atoms with Crippen LogP contribution in [-0.4, -0.2) is 42.5 Å². The van der Waals surface area contributed by atoms with Crippen molar-refractivity contribution in [2.75, 3.05) is 31.6 Å². The van der Waals surface area contributed by atoms with Crippen molar-refractivity contribution in [2.45, 2.75) is 18.8 Å². The van der Waals surface area contributed by atoms with E-state index in [9.17, 15) is 4.79 Å². The largest absolute Gasteiger partial charge is 0.365 e. The molecule has 0 aliphatic carbocycles. The van der Waals surface area contributed by atoms with Crippen molar-refractivity contribution in [3.63, 3.8) is 0 Å². The highest BCUT2D eigenvalue weighted by atomic mass is 32.1. The topological polar surface area (TPSA) is 36.4 Å². The van der Waals surface area contributed by atoms with Gasteiger partial charge in [0.25, 0.3) is 0 Å². The average molecular weight is 366 g/mol. The number of rotatable bonds is 4. The van der Waals surface area contributed by atoms with Crippen LogP contribution in [0.4, 0.5) is 5.69 Å². The van der Waals surface area contributed by atoms with E-state index in [0.717, 1.165) is 37.1 Å². The molecule has 4 rings (SSSR count). The molecule has 0 spiro atoms. The summed E-state index contributed by atoms with van der Waals surface area (Å²) in [6.45, 7) is 2.04. The zero-order valence-corrected chi connectivity index (χ0v) is 15.8. The third-order valence-corrected chi connectivity index (χ3v) is 6.20. The van der Waals surface area contributed by atoms with Crippen LogP contribution >= 0.6 is 11.3 Å². The van der Waals surface area contributed by atoms with E-state index in [1.807, 2.05) is 53.2 Å². The number of aromatic nitrogens is 1. The SMILES string of the molecule is CN(CC(=O)N1CCC[C@@H](c2nc3ccccc3s2)C1)c1ccccc1. The van der Waals surface area contributed by atoms with Crippen molar-refractivity contribution in [1.29, 1.82) is 0 Å². The van der Waals surface area contributed by atoms with E-state index in [1.165, 1.54) is 9.71 Å². The molecule has 1 aliphatic rings. The van der Waals surface area contributed by atoms with Gasteiger partial charge in [0.15, 0.2) is 0 Å². The molecule has 0 radical (unpaired) electrons. The lowest BCUT2D eigenvalue weighted by atomic mass is 9.98. The normalized spacial score (nSPS) is 17.4. The minimum Gasteiger partial charge on any atom is -0.365 e. The lowest BCUT2D eigenvalue weighted by molar-refractivity contribution is -0.130. The number of para-hydroxylation sites is 2. The standard InChI is InChI=1S/C21H23N3OS/c1-23(17-9-3-2-4-10-17)15-20(25)24-13-7-8-16(14-24)21-22-18-11-5-6-12-19(18)26-21/h2-6,9-12,16H,7-8,13-15H2,1H3/t16-/m1/s1. The molecule has 4 nitrogen and oxygen atoms in total. The number of hydrogen-bond acceptors (Lipinski definition) is 4. The molecule has 5 heteroatoms. The summed E-state index contributed by atoms with van der Waals surface area (Å²) < 4.78 is 1.23. The Labute approximate surface area is 158 Å². The highest BCUT2D eigenvalue weighted by Gasteiger charge is 2.27. The molecule has 0 N–H and O–H groups in total. The molecule has 0 bridgehead atoms. The fourth-order valence-corrected chi connectivity index (χ4v) is 4.64. The van der Waals surface area contributed by atoms with Gasteiger partial charge in [-0.3, -0.25) is 4.79 Å². The average Bonchev–Trinajstić information content (AvgIpc) is 3.13. The van der Waals surface area contributed by atoms with Crippen LogP contribution in [-0.2, 0) is 4.79 Å². The number of carbonyl (C=O) groups is 1. The summed E-state index contributed by atoms with van der Waals surface area (Å²) in [6, 6.07) is 18.3. The van der Waals surface area contributed by atoms with Crippen molar-refractivity contribution in [3.8, 4) is 0 Å². The fourth-order valence-electron chi connectivity index (χ4n) is 3.55. The monoisotopic (exact) mass is 365 g/mol. The fraction of sp³-hybridized carbons (Fsp3) is 0.333. The van der Waals surface area contributed by atoms with Gasteiger partial charge < -0.3 is 9.80 Å². The van der Waals surface area contributed by atoms with Gasteiger partial charge in [0.2, 0.25) is 5.91 Å². The van der Waals surface area contributed by atoms with Gasteiger partial charge in [-0.1, -0.05) is 30.3 Å². The summed E-state index contributed by atoms with van der Waals surface area (Å²) >= 11 is 1.77. The Morgan fingerprint density at radius 1 is 1.19 bits per heavy atom. The first-order chi connectivity index (χ1) is 12.7. The molecule has 1 fully saturated rings. The summed E-state index contributed by atoms with van der Waals surface area (Å²) in [7, 11) is 1.97. The summed E-state index contributed by atoms with van der Waals surface area (Å²) in [5.41, 5.74) is 2.14. The predicted octanol–water partition coefficient (Wildman–Crippen LogP) is 4.14. The van der Waals surface area contributed by atoms with E-state index in [4.69, 9.17) is 4.98 Å². The first-order valence-corrected chi connectivity index (χ1v) is 9.92.